The normalized spacial score (nSPS) is 12.6. The molecule has 7 nitrogen and oxygen atoms in total. The van der Waals surface area contributed by atoms with Crippen molar-refractivity contribution in [3.63, 3.8) is 0 Å². The molecular weight excluding hydrogens is 358 g/mol. The van der Waals surface area contributed by atoms with Crippen molar-refractivity contribution >= 4 is 18.0 Å². The third-order valence-electron chi connectivity index (χ3n) is 3.88. The van der Waals surface area contributed by atoms with Crippen LogP contribution in [0.5, 0.6) is 0 Å². The highest BCUT2D eigenvalue weighted by molar-refractivity contribution is 5.95. The molecular formula is C21H23N3O4. The van der Waals surface area contributed by atoms with Gasteiger partial charge in [-0.2, -0.15) is 0 Å². The Morgan fingerprint density at radius 1 is 1.36 bits per heavy atom. The summed E-state index contributed by atoms with van der Waals surface area (Å²) in [6.07, 6.45) is 11.3. The Kier molecular flexibility index (Phi) is 7.65. The number of amides is 2. The van der Waals surface area contributed by atoms with Gasteiger partial charge in [-0.05, 0) is 48.4 Å². The summed E-state index contributed by atoms with van der Waals surface area (Å²) in [5.41, 5.74) is 12.8. The van der Waals surface area contributed by atoms with E-state index in [0.717, 1.165) is 17.8 Å². The lowest BCUT2D eigenvalue weighted by Gasteiger charge is -2.02. The van der Waals surface area contributed by atoms with E-state index in [9.17, 15) is 14.7 Å². The van der Waals surface area contributed by atoms with Crippen LogP contribution < -0.4 is 16.6 Å². The Bertz CT molecular complexity index is 910. The van der Waals surface area contributed by atoms with Crippen LogP contribution in [0.15, 0.2) is 76.6 Å². The van der Waals surface area contributed by atoms with Gasteiger partial charge in [0, 0.05) is 24.1 Å². The minimum Gasteiger partial charge on any atom is -0.512 e. The molecule has 0 bridgehead atoms. The van der Waals surface area contributed by atoms with Gasteiger partial charge in [-0.1, -0.05) is 24.3 Å². The summed E-state index contributed by atoms with van der Waals surface area (Å²) in [7, 11) is 0. The molecule has 0 spiro atoms. The average molecular weight is 381 g/mol. The molecule has 0 atom stereocenters. The van der Waals surface area contributed by atoms with E-state index in [1.165, 1.54) is 11.6 Å². The maximum atomic E-state index is 11.2. The number of anilines is 1. The minimum absolute atomic E-state index is 0.379. The number of nitrogens with two attached hydrogens (primary N) is 1. The number of carbonyl (C=O) groups excluding carboxylic acids is 2. The molecule has 1 aromatic heterocycles. The molecule has 1 aliphatic rings. The summed E-state index contributed by atoms with van der Waals surface area (Å²) in [5.74, 6) is 0.951. The predicted molar refractivity (Wildman–Crippen MR) is 107 cm³/mol. The fourth-order valence-corrected chi connectivity index (χ4v) is 2.47. The van der Waals surface area contributed by atoms with Crippen LogP contribution in [0.25, 0.3) is 0 Å². The van der Waals surface area contributed by atoms with Crippen LogP contribution in [0.2, 0.25) is 0 Å². The zero-order valence-corrected chi connectivity index (χ0v) is 15.5. The zero-order chi connectivity index (χ0) is 20.4. The molecule has 5 N–H and O–H groups in total. The first kappa shape index (κ1) is 20.6. The highest BCUT2D eigenvalue weighted by Crippen LogP contribution is 2.18. The van der Waals surface area contributed by atoms with E-state index in [2.05, 4.69) is 5.43 Å². The molecule has 1 heterocycles. The Morgan fingerprint density at radius 2 is 2.18 bits per heavy atom. The summed E-state index contributed by atoms with van der Waals surface area (Å²) in [5, 5.41) is 9.50. The molecule has 0 saturated heterocycles. The molecule has 3 rings (SSSR count). The molecule has 1 aliphatic carbocycles. The number of benzene rings is 1. The van der Waals surface area contributed by atoms with E-state index in [-0.39, 0.29) is 0 Å². The number of aliphatic hydroxyl groups is 1. The molecule has 7 heteroatoms. The quantitative estimate of drug-likeness (QED) is 0.361. The maximum absolute atomic E-state index is 11.2. The van der Waals surface area contributed by atoms with Crippen molar-refractivity contribution in [1.82, 2.24) is 10.9 Å². The van der Waals surface area contributed by atoms with Crippen molar-refractivity contribution in [3.05, 3.63) is 89.1 Å². The van der Waals surface area contributed by atoms with Crippen molar-refractivity contribution in [2.75, 3.05) is 5.73 Å². The van der Waals surface area contributed by atoms with Gasteiger partial charge in [0.25, 0.3) is 5.91 Å². The van der Waals surface area contributed by atoms with Crippen LogP contribution in [0.4, 0.5) is 5.69 Å². The number of carbonyl (C=O) groups is 2. The molecule has 0 saturated carbocycles. The van der Waals surface area contributed by atoms with Gasteiger partial charge in [-0.15, -0.1) is 0 Å². The number of furan rings is 1. The van der Waals surface area contributed by atoms with Gasteiger partial charge < -0.3 is 15.3 Å². The number of nitrogen functional groups attached to an aromatic ring is 1. The second-order valence-corrected chi connectivity index (χ2v) is 6.03. The molecule has 0 aliphatic heterocycles. The summed E-state index contributed by atoms with van der Waals surface area (Å²) < 4.78 is 5.24. The second kappa shape index (κ2) is 10.4. The first-order valence-corrected chi connectivity index (χ1v) is 8.63. The summed E-state index contributed by atoms with van der Waals surface area (Å²) in [6.45, 7) is 1.95. The monoisotopic (exact) mass is 381 g/mol. The Labute approximate surface area is 163 Å². The lowest BCUT2D eigenvalue weighted by Crippen LogP contribution is -2.36. The first-order valence-electron chi connectivity index (χ1n) is 8.63. The molecule has 0 fully saturated rings. The summed E-state index contributed by atoms with van der Waals surface area (Å²) >= 11 is 0. The van der Waals surface area contributed by atoms with Crippen LogP contribution in [-0.2, 0) is 11.2 Å². The smallest absolute Gasteiger partial charge is 0.269 e. The van der Waals surface area contributed by atoms with E-state index < -0.39 is 5.91 Å². The lowest BCUT2D eigenvalue weighted by molar-refractivity contribution is -0.110. The number of hydrazine groups is 1. The van der Waals surface area contributed by atoms with Crippen LogP contribution >= 0.6 is 0 Å². The Morgan fingerprint density at radius 3 is 2.86 bits per heavy atom. The van der Waals surface area contributed by atoms with E-state index in [1.54, 1.807) is 24.5 Å². The van der Waals surface area contributed by atoms with Crippen molar-refractivity contribution in [3.8, 4) is 0 Å². The summed E-state index contributed by atoms with van der Waals surface area (Å²) in [6, 6.07) is 8.41. The Hall–Kier alpha value is -3.74. The highest BCUT2D eigenvalue weighted by Gasteiger charge is 2.05. The predicted octanol–water partition coefficient (Wildman–Crippen LogP) is 3.12. The molecule has 2 aromatic rings. The number of aliphatic hydroxyl groups excluding tert-OH is 1. The molecule has 146 valence electrons. The van der Waals surface area contributed by atoms with Crippen molar-refractivity contribution in [2.24, 2.45) is 0 Å². The lowest BCUT2D eigenvalue weighted by atomic mass is 10.1. The highest BCUT2D eigenvalue weighted by atomic mass is 16.3. The van der Waals surface area contributed by atoms with E-state index in [0.29, 0.717) is 29.8 Å². The molecule has 28 heavy (non-hydrogen) atoms. The van der Waals surface area contributed by atoms with Gasteiger partial charge in [-0.25, -0.2) is 0 Å². The van der Waals surface area contributed by atoms with Gasteiger partial charge >= 0.3 is 0 Å². The standard InChI is InChI=1S/C13H14O2.C8H9N3O2/c1-10-12(6-7-15-10)8-11-4-2-3-5-13(14)9-11;9-7-3-1-2-6(4-7)8(13)11-10-5-12/h2-4,6-7,9,14H,5,8H2,1H3;1-5H,9H2,(H,10,12)(H,11,13). The first-order chi connectivity index (χ1) is 13.5. The van der Waals surface area contributed by atoms with Crippen LogP contribution in [0, 0.1) is 6.92 Å². The van der Waals surface area contributed by atoms with Gasteiger partial charge in [0.05, 0.1) is 12.0 Å². The van der Waals surface area contributed by atoms with Crippen LogP contribution in [0.1, 0.15) is 28.1 Å². The van der Waals surface area contributed by atoms with Gasteiger partial charge in [0.15, 0.2) is 0 Å². The minimum atomic E-state index is -0.403. The number of hydrogen-bond donors (Lipinski definition) is 4. The Balaban J connectivity index is 0.000000203. The number of nitrogens with one attached hydrogen (secondary N) is 2. The van der Waals surface area contributed by atoms with Gasteiger partial charge in [-0.3, -0.25) is 20.4 Å². The van der Waals surface area contributed by atoms with E-state index in [4.69, 9.17) is 10.2 Å². The summed E-state index contributed by atoms with van der Waals surface area (Å²) in [4.78, 5) is 21.0. The number of allylic oxidation sites excluding steroid dienone is 5. The molecule has 2 amide bonds. The average Bonchev–Trinajstić information content (AvgIpc) is 2.95. The van der Waals surface area contributed by atoms with Gasteiger partial charge in [0.2, 0.25) is 6.41 Å². The van der Waals surface area contributed by atoms with Crippen molar-refractivity contribution in [2.45, 2.75) is 19.8 Å². The van der Waals surface area contributed by atoms with Crippen molar-refractivity contribution < 1.29 is 19.1 Å². The SMILES string of the molecule is Cc1occc1CC1=CC=CCC(O)=C1.Nc1cccc(C(=O)NNC=O)c1. The zero-order valence-electron chi connectivity index (χ0n) is 15.5. The molecule has 1 aromatic carbocycles. The van der Waals surface area contributed by atoms with Gasteiger partial charge in [0.1, 0.15) is 5.76 Å². The van der Waals surface area contributed by atoms with Crippen molar-refractivity contribution in [1.29, 1.82) is 0 Å². The number of rotatable bonds is 5. The number of hydrogen-bond acceptors (Lipinski definition) is 5. The second-order valence-electron chi connectivity index (χ2n) is 6.03. The van der Waals surface area contributed by atoms with Crippen LogP contribution in [0.3, 0.4) is 0 Å². The maximum Gasteiger partial charge on any atom is 0.269 e. The topological polar surface area (TPSA) is 118 Å². The fraction of sp³-hybridized carbons (Fsp3) is 0.143. The third kappa shape index (κ3) is 6.53. The molecule has 0 radical (unpaired) electrons. The van der Waals surface area contributed by atoms with E-state index >= 15 is 0 Å². The molecule has 0 unspecified atom stereocenters. The van der Waals surface area contributed by atoms with E-state index in [1.807, 2.05) is 42.7 Å². The largest absolute Gasteiger partial charge is 0.512 e. The number of aryl methyl sites for hydroxylation is 1. The fourth-order valence-electron chi connectivity index (χ4n) is 2.47. The van der Waals surface area contributed by atoms with Crippen LogP contribution in [-0.4, -0.2) is 17.4 Å². The third-order valence-corrected chi connectivity index (χ3v) is 3.88.